The van der Waals surface area contributed by atoms with Crippen molar-refractivity contribution in [3.63, 3.8) is 0 Å². The highest BCUT2D eigenvalue weighted by molar-refractivity contribution is 6.00. The minimum absolute atomic E-state index is 0.375. The van der Waals surface area contributed by atoms with Gasteiger partial charge in [-0.3, -0.25) is 5.32 Å². The second kappa shape index (κ2) is 9.68. The summed E-state index contributed by atoms with van der Waals surface area (Å²) in [6.45, 7) is 3.61. The molecule has 0 aliphatic heterocycles. The number of hydrogen-bond acceptors (Lipinski definition) is 3. The van der Waals surface area contributed by atoms with Gasteiger partial charge in [-0.25, -0.2) is 9.59 Å². The molecule has 0 spiro atoms. The third-order valence-corrected chi connectivity index (χ3v) is 3.22. The molecule has 2 aromatic rings. The number of amides is 3. The number of rotatable bonds is 5. The van der Waals surface area contributed by atoms with Gasteiger partial charge in [-0.2, -0.15) is 0 Å². The molecule has 0 radical (unpaired) electrons. The lowest BCUT2D eigenvalue weighted by Gasteiger charge is -2.10. The van der Waals surface area contributed by atoms with Crippen molar-refractivity contribution in [1.82, 2.24) is 0 Å². The van der Waals surface area contributed by atoms with Gasteiger partial charge in [-0.15, -0.1) is 0 Å². The van der Waals surface area contributed by atoms with Gasteiger partial charge in [-0.1, -0.05) is 30.3 Å². The Morgan fingerprint density at radius 2 is 1.46 bits per heavy atom. The third-order valence-electron chi connectivity index (χ3n) is 3.22. The van der Waals surface area contributed by atoms with E-state index >= 15 is 0 Å². The fourth-order valence-electron chi connectivity index (χ4n) is 2.09. The number of carbonyl (C=O) groups is 2. The molecule has 0 aromatic heterocycles. The van der Waals surface area contributed by atoms with Gasteiger partial charge in [0.05, 0.1) is 0 Å². The smallest absolute Gasteiger partial charge is 0.410 e. The van der Waals surface area contributed by atoms with E-state index in [0.29, 0.717) is 22.8 Å². The van der Waals surface area contributed by atoms with Gasteiger partial charge in [0.25, 0.3) is 0 Å². The van der Waals surface area contributed by atoms with Gasteiger partial charge in [0.1, 0.15) is 5.76 Å². The van der Waals surface area contributed by atoms with Crippen molar-refractivity contribution < 1.29 is 14.3 Å². The van der Waals surface area contributed by atoms with E-state index in [1.165, 1.54) is 0 Å². The first-order valence-corrected chi connectivity index (χ1v) is 8.11. The number of nitrogens with one attached hydrogen (secondary N) is 3. The zero-order valence-electron chi connectivity index (χ0n) is 14.7. The molecule has 6 heteroatoms. The van der Waals surface area contributed by atoms with Crippen LogP contribution < -0.4 is 16.0 Å². The predicted molar refractivity (Wildman–Crippen MR) is 104 cm³/mol. The summed E-state index contributed by atoms with van der Waals surface area (Å²) in [5.41, 5.74) is 1.73. The quantitative estimate of drug-likeness (QED) is 0.501. The summed E-state index contributed by atoms with van der Waals surface area (Å²) in [4.78, 5) is 23.9. The fourth-order valence-corrected chi connectivity index (χ4v) is 2.09. The van der Waals surface area contributed by atoms with Crippen LogP contribution in [0.25, 0.3) is 0 Å². The number of carbonyl (C=O) groups excluding carboxylic acids is 2. The molecule has 0 bridgehead atoms. The zero-order valence-corrected chi connectivity index (χ0v) is 14.7. The van der Waals surface area contributed by atoms with Crippen LogP contribution in [0.2, 0.25) is 0 Å². The van der Waals surface area contributed by atoms with Crippen molar-refractivity contribution in [1.29, 1.82) is 0 Å². The SMILES string of the molecule is C/C=C\C(=C/C)OC(=O)Nc1cccc(NC(=O)Nc2ccccc2)c1. The monoisotopic (exact) mass is 351 g/mol. The molecular weight excluding hydrogens is 330 g/mol. The molecule has 6 nitrogen and oxygen atoms in total. The Hall–Kier alpha value is -3.54. The molecule has 0 saturated heterocycles. The molecule has 0 atom stereocenters. The Balaban J connectivity index is 1.94. The zero-order chi connectivity index (χ0) is 18.8. The van der Waals surface area contributed by atoms with Gasteiger partial charge < -0.3 is 15.4 Å². The normalized spacial score (nSPS) is 11.1. The molecule has 0 aliphatic rings. The van der Waals surface area contributed by atoms with Crippen LogP contribution in [-0.4, -0.2) is 12.1 Å². The fraction of sp³-hybridized carbons (Fsp3) is 0.100. The number of hydrogen-bond donors (Lipinski definition) is 3. The summed E-state index contributed by atoms with van der Waals surface area (Å²) in [7, 11) is 0. The molecule has 3 N–H and O–H groups in total. The summed E-state index contributed by atoms with van der Waals surface area (Å²) < 4.78 is 5.17. The van der Waals surface area contributed by atoms with Crippen LogP contribution in [0, 0.1) is 0 Å². The van der Waals surface area contributed by atoms with Crippen molar-refractivity contribution in [3.8, 4) is 0 Å². The van der Waals surface area contributed by atoms with Crippen LogP contribution in [0.5, 0.6) is 0 Å². The number of urea groups is 1. The molecule has 0 unspecified atom stereocenters. The number of anilines is 3. The standard InChI is InChI=1S/C20H21N3O3/c1-3-9-18(4-2)26-20(25)23-17-13-8-12-16(14-17)22-19(24)21-15-10-6-5-7-11-15/h3-14H,1-2H3,(H,23,25)(H2,21,22,24)/b9-3-,18-4+. The number of allylic oxidation sites excluding steroid dienone is 3. The lowest BCUT2D eigenvalue weighted by Crippen LogP contribution is -2.19. The summed E-state index contributed by atoms with van der Waals surface area (Å²) in [5.74, 6) is 0.446. The van der Waals surface area contributed by atoms with Gasteiger partial charge in [0.15, 0.2) is 0 Å². The third kappa shape index (κ3) is 6.16. The Bertz CT molecular complexity index is 814. The lowest BCUT2D eigenvalue weighted by molar-refractivity contribution is 0.194. The average Bonchev–Trinajstić information content (AvgIpc) is 2.62. The van der Waals surface area contributed by atoms with Gasteiger partial charge in [0, 0.05) is 17.1 Å². The molecule has 2 aromatic carbocycles. The summed E-state index contributed by atoms with van der Waals surface area (Å²) in [6, 6.07) is 15.5. The van der Waals surface area contributed by atoms with Crippen LogP contribution in [0.4, 0.5) is 26.7 Å². The summed E-state index contributed by atoms with van der Waals surface area (Å²) in [6.07, 6.45) is 4.54. The maximum absolute atomic E-state index is 12.0. The minimum atomic E-state index is -0.609. The van der Waals surface area contributed by atoms with E-state index in [-0.39, 0.29) is 6.03 Å². The van der Waals surface area contributed by atoms with E-state index in [2.05, 4.69) is 16.0 Å². The van der Waals surface area contributed by atoms with Crippen molar-refractivity contribution in [2.45, 2.75) is 13.8 Å². The van der Waals surface area contributed by atoms with Crippen LogP contribution in [0.1, 0.15) is 13.8 Å². The van der Waals surface area contributed by atoms with Crippen LogP contribution in [-0.2, 0) is 4.74 Å². The van der Waals surface area contributed by atoms with Crippen LogP contribution in [0.3, 0.4) is 0 Å². The van der Waals surface area contributed by atoms with Gasteiger partial charge in [-0.05, 0) is 56.3 Å². The Kier molecular flexibility index (Phi) is 7.00. The van der Waals surface area contributed by atoms with Crippen LogP contribution >= 0.6 is 0 Å². The highest BCUT2D eigenvalue weighted by Gasteiger charge is 2.07. The average molecular weight is 351 g/mol. The minimum Gasteiger partial charge on any atom is -0.410 e. The summed E-state index contributed by atoms with van der Waals surface area (Å²) in [5, 5.41) is 8.05. The van der Waals surface area contributed by atoms with E-state index in [9.17, 15) is 9.59 Å². The molecule has 0 fully saturated rings. The first kappa shape index (κ1) is 18.8. The molecule has 2 rings (SSSR count). The van der Waals surface area contributed by atoms with Gasteiger partial charge >= 0.3 is 12.1 Å². The first-order valence-electron chi connectivity index (χ1n) is 8.11. The first-order chi connectivity index (χ1) is 12.6. The largest absolute Gasteiger partial charge is 0.417 e. The number of benzene rings is 2. The van der Waals surface area contributed by atoms with Crippen LogP contribution in [0.15, 0.2) is 78.6 Å². The van der Waals surface area contributed by atoms with E-state index < -0.39 is 6.09 Å². The molecule has 0 aliphatic carbocycles. The maximum atomic E-state index is 12.0. The van der Waals surface area contributed by atoms with Gasteiger partial charge in [0.2, 0.25) is 0 Å². The van der Waals surface area contributed by atoms with Crippen molar-refractivity contribution in [3.05, 3.63) is 78.6 Å². The predicted octanol–water partition coefficient (Wildman–Crippen LogP) is 5.36. The Labute approximate surface area is 152 Å². The number of para-hydroxylation sites is 1. The maximum Gasteiger partial charge on any atom is 0.417 e. The molecule has 0 saturated carbocycles. The molecular formula is C20H21N3O3. The Morgan fingerprint density at radius 3 is 2.12 bits per heavy atom. The van der Waals surface area contributed by atoms with Crippen molar-refractivity contribution in [2.24, 2.45) is 0 Å². The Morgan fingerprint density at radius 1 is 0.846 bits per heavy atom. The molecule has 3 amide bonds. The van der Waals surface area contributed by atoms with Crippen molar-refractivity contribution >= 4 is 29.2 Å². The van der Waals surface area contributed by atoms with E-state index in [1.54, 1.807) is 61.5 Å². The second-order valence-corrected chi connectivity index (χ2v) is 5.23. The topological polar surface area (TPSA) is 79.5 Å². The second-order valence-electron chi connectivity index (χ2n) is 5.23. The lowest BCUT2D eigenvalue weighted by atomic mass is 10.3. The number of ether oxygens (including phenoxy) is 1. The molecule has 26 heavy (non-hydrogen) atoms. The highest BCUT2D eigenvalue weighted by Crippen LogP contribution is 2.16. The highest BCUT2D eigenvalue weighted by atomic mass is 16.6. The van der Waals surface area contributed by atoms with E-state index in [1.807, 2.05) is 25.1 Å². The molecule has 0 heterocycles. The van der Waals surface area contributed by atoms with E-state index in [0.717, 1.165) is 0 Å². The van der Waals surface area contributed by atoms with E-state index in [4.69, 9.17) is 4.74 Å². The summed E-state index contributed by atoms with van der Waals surface area (Å²) >= 11 is 0. The molecule has 134 valence electrons. The van der Waals surface area contributed by atoms with Crippen molar-refractivity contribution in [2.75, 3.05) is 16.0 Å².